The lowest BCUT2D eigenvalue weighted by atomic mass is 10.6. The van der Waals surface area contributed by atoms with E-state index in [1.54, 1.807) is 0 Å². The van der Waals surface area contributed by atoms with Crippen molar-refractivity contribution in [3.63, 3.8) is 0 Å². The maximum atomic E-state index is 5.53. The average Bonchev–Trinajstić information content (AvgIpc) is 2.96. The fourth-order valence-corrected chi connectivity index (χ4v) is 1.83. The van der Waals surface area contributed by atoms with Crippen molar-refractivity contribution in [2.24, 2.45) is 7.05 Å². The summed E-state index contributed by atoms with van der Waals surface area (Å²) in [5, 5.41) is 0. The van der Waals surface area contributed by atoms with Crippen LogP contribution in [0.3, 0.4) is 0 Å². The van der Waals surface area contributed by atoms with Gasteiger partial charge in [0.15, 0.2) is 12.7 Å². The van der Waals surface area contributed by atoms with Gasteiger partial charge >= 0.3 is 0 Å². The second-order valence-electron chi connectivity index (χ2n) is 5.73. The Morgan fingerprint density at radius 3 is 2.29 bits per heavy atom. The van der Waals surface area contributed by atoms with Gasteiger partial charge in [0.05, 0.1) is 46.3 Å². The number of rotatable bonds is 14. The van der Waals surface area contributed by atoms with Gasteiger partial charge in [-0.05, 0) is 0 Å². The molecule has 0 radical (unpaired) electrons. The molecule has 0 saturated heterocycles. The Morgan fingerprint density at radius 1 is 1.08 bits per heavy atom. The molecule has 0 saturated carbocycles. The lowest BCUT2D eigenvalue weighted by Gasteiger charge is -2.06. The Balaban J connectivity index is 1.83. The van der Waals surface area contributed by atoms with Gasteiger partial charge in [-0.2, -0.15) is 0 Å². The maximum Gasteiger partial charge on any atom is 0.243 e. The van der Waals surface area contributed by atoms with Gasteiger partial charge < -0.3 is 19.1 Å². The summed E-state index contributed by atoms with van der Waals surface area (Å²) in [4.78, 5) is 1.97. The van der Waals surface area contributed by atoms with E-state index in [-0.39, 0.29) is 0 Å². The van der Waals surface area contributed by atoms with Crippen LogP contribution < -0.4 is 4.57 Å². The highest BCUT2D eigenvalue weighted by Crippen LogP contribution is 1.87. The van der Waals surface area contributed by atoms with Gasteiger partial charge in [0, 0.05) is 14.1 Å². The third kappa shape index (κ3) is 10.9. The number of hydrogen-bond donors (Lipinski definition) is 0. The van der Waals surface area contributed by atoms with E-state index in [1.807, 2.05) is 66.3 Å². The van der Waals surface area contributed by atoms with Gasteiger partial charge in [-0.1, -0.05) is 0 Å². The van der Waals surface area contributed by atoms with E-state index in [0.717, 1.165) is 13.1 Å². The molecule has 136 valence electrons. The third-order valence-electron chi connectivity index (χ3n) is 3.16. The molecule has 0 amide bonds. The van der Waals surface area contributed by atoms with Crippen LogP contribution in [-0.4, -0.2) is 81.0 Å². The SMILES string of the molecule is C=[N+](C=CN(C)C)CCOCCOCCOCCn1cc[n+](C)c1. The minimum Gasteiger partial charge on any atom is -0.379 e. The molecule has 1 heterocycles. The molecule has 7 heteroatoms. The topological polar surface area (TPSA) is 42.8 Å². The molecule has 0 fully saturated rings. The van der Waals surface area contributed by atoms with Gasteiger partial charge in [0.25, 0.3) is 0 Å². The predicted molar refractivity (Wildman–Crippen MR) is 93.1 cm³/mol. The van der Waals surface area contributed by atoms with E-state index in [4.69, 9.17) is 14.2 Å². The minimum absolute atomic E-state index is 0.585. The number of ether oxygens (including phenoxy) is 3. The normalized spacial score (nSPS) is 11.3. The van der Waals surface area contributed by atoms with Gasteiger partial charge in [-0.3, -0.25) is 0 Å². The minimum atomic E-state index is 0.585. The van der Waals surface area contributed by atoms with Crippen LogP contribution in [0.4, 0.5) is 0 Å². The van der Waals surface area contributed by atoms with E-state index < -0.39 is 0 Å². The first-order chi connectivity index (χ1) is 11.6. The molecular formula is C17H32N4O3+2. The first kappa shape index (κ1) is 20.3. The van der Waals surface area contributed by atoms with Crippen molar-refractivity contribution in [2.75, 3.05) is 60.3 Å². The lowest BCUT2D eigenvalue weighted by Crippen LogP contribution is -2.24. The van der Waals surface area contributed by atoms with Gasteiger partial charge in [0.1, 0.15) is 32.3 Å². The molecule has 0 aromatic carbocycles. The molecule has 0 bridgehead atoms. The third-order valence-corrected chi connectivity index (χ3v) is 3.16. The molecule has 0 aliphatic carbocycles. The van der Waals surface area contributed by atoms with Crippen LogP contribution in [0.2, 0.25) is 0 Å². The Bertz CT molecular complexity index is 486. The molecule has 24 heavy (non-hydrogen) atoms. The maximum absolute atomic E-state index is 5.53. The number of nitrogens with zero attached hydrogens (tertiary/aromatic N) is 4. The zero-order chi connectivity index (χ0) is 17.6. The second-order valence-corrected chi connectivity index (χ2v) is 5.73. The first-order valence-electron chi connectivity index (χ1n) is 8.24. The molecule has 0 unspecified atom stereocenters. The van der Waals surface area contributed by atoms with Crippen molar-refractivity contribution in [1.82, 2.24) is 9.47 Å². The van der Waals surface area contributed by atoms with E-state index in [9.17, 15) is 0 Å². The van der Waals surface area contributed by atoms with Crippen molar-refractivity contribution < 1.29 is 23.4 Å². The summed E-state index contributed by atoms with van der Waals surface area (Å²) >= 11 is 0. The molecular weight excluding hydrogens is 308 g/mol. The number of imidazole rings is 1. The molecule has 1 aromatic rings. The zero-order valence-electron chi connectivity index (χ0n) is 15.3. The Labute approximate surface area is 145 Å². The molecule has 1 aromatic heterocycles. The van der Waals surface area contributed by atoms with Crippen LogP contribution in [0, 0.1) is 0 Å². The van der Waals surface area contributed by atoms with Gasteiger partial charge in [0.2, 0.25) is 6.33 Å². The first-order valence-corrected chi connectivity index (χ1v) is 8.24. The summed E-state index contributed by atoms with van der Waals surface area (Å²) < 4.78 is 22.4. The van der Waals surface area contributed by atoms with Crippen LogP contribution in [0.1, 0.15) is 0 Å². The second kappa shape index (κ2) is 12.7. The van der Waals surface area contributed by atoms with Crippen molar-refractivity contribution in [2.45, 2.75) is 6.54 Å². The highest BCUT2D eigenvalue weighted by molar-refractivity contribution is 5.15. The van der Waals surface area contributed by atoms with Gasteiger partial charge in [-0.15, -0.1) is 0 Å². The largest absolute Gasteiger partial charge is 0.379 e. The zero-order valence-corrected chi connectivity index (χ0v) is 15.3. The van der Waals surface area contributed by atoms with E-state index in [2.05, 4.69) is 11.3 Å². The van der Waals surface area contributed by atoms with Crippen LogP contribution in [0.25, 0.3) is 0 Å². The van der Waals surface area contributed by atoms with Gasteiger partial charge in [-0.25, -0.2) is 13.7 Å². The monoisotopic (exact) mass is 340 g/mol. The Morgan fingerprint density at radius 2 is 1.71 bits per heavy atom. The fraction of sp³-hybridized carbons (Fsp3) is 0.647. The van der Waals surface area contributed by atoms with Crippen LogP contribution in [-0.2, 0) is 27.8 Å². The molecule has 0 spiro atoms. The molecule has 1 rings (SSSR count). The molecule has 0 N–H and O–H groups in total. The van der Waals surface area contributed by atoms with Crippen LogP contribution >= 0.6 is 0 Å². The summed E-state index contributed by atoms with van der Waals surface area (Å²) in [6.45, 7) is 9.20. The Hall–Kier alpha value is -1.70. The molecule has 0 aliphatic heterocycles. The van der Waals surface area contributed by atoms with Crippen LogP contribution in [0.15, 0.2) is 31.1 Å². The smallest absolute Gasteiger partial charge is 0.243 e. The summed E-state index contributed by atoms with van der Waals surface area (Å²) in [6, 6.07) is 0. The van der Waals surface area contributed by atoms with E-state index in [1.165, 1.54) is 0 Å². The van der Waals surface area contributed by atoms with Crippen molar-refractivity contribution in [3.05, 3.63) is 31.1 Å². The summed E-state index contributed by atoms with van der Waals surface area (Å²) in [5.41, 5.74) is 0. The summed E-state index contributed by atoms with van der Waals surface area (Å²) in [7, 11) is 5.95. The molecule has 7 nitrogen and oxygen atoms in total. The quantitative estimate of drug-likeness (QED) is 0.274. The molecule has 0 aliphatic rings. The highest BCUT2D eigenvalue weighted by atomic mass is 16.5. The van der Waals surface area contributed by atoms with E-state index >= 15 is 0 Å². The van der Waals surface area contributed by atoms with E-state index in [0.29, 0.717) is 39.6 Å². The summed E-state index contributed by atoms with van der Waals surface area (Å²) in [6.07, 6.45) is 9.94. The molecule has 0 atom stereocenters. The van der Waals surface area contributed by atoms with Crippen molar-refractivity contribution >= 4 is 6.72 Å². The number of aromatic nitrogens is 2. The Kier molecular flexibility index (Phi) is 10.8. The summed E-state index contributed by atoms with van der Waals surface area (Å²) in [5.74, 6) is 0. The fourth-order valence-electron chi connectivity index (χ4n) is 1.83. The standard InChI is InChI=1S/C17H32N4O3/c1-18(2)5-6-19(3)9-11-22-13-15-24-16-14-23-12-10-21-8-7-20(4)17-21/h5-8,17H,3,9-16H2,1-2,4H3/q+2. The van der Waals surface area contributed by atoms with Crippen molar-refractivity contribution in [1.29, 1.82) is 0 Å². The highest BCUT2D eigenvalue weighted by Gasteiger charge is 1.99. The predicted octanol–water partition coefficient (Wildman–Crippen LogP) is 0.108. The van der Waals surface area contributed by atoms with Crippen molar-refractivity contribution in [3.8, 4) is 0 Å². The van der Waals surface area contributed by atoms with Crippen LogP contribution in [0.5, 0.6) is 0 Å². The number of hydrogen-bond acceptors (Lipinski definition) is 4. The average molecular weight is 340 g/mol. The lowest BCUT2D eigenvalue weighted by molar-refractivity contribution is -0.671. The number of aryl methyl sites for hydroxylation is 1.